The topological polar surface area (TPSA) is 43.1 Å². The van der Waals surface area contributed by atoms with E-state index >= 15 is 0 Å². The number of hydrogen-bond donors (Lipinski definition) is 0. The van der Waals surface area contributed by atoms with Crippen molar-refractivity contribution in [1.82, 2.24) is 0 Å². The maximum atomic E-state index is 10.4. The van der Waals surface area contributed by atoms with E-state index in [9.17, 15) is 10.1 Å². The molecule has 3 nitrogen and oxygen atoms in total. The average molecular weight is 360 g/mol. The van der Waals surface area contributed by atoms with Crippen LogP contribution in [0.2, 0.25) is 0 Å². The van der Waals surface area contributed by atoms with Gasteiger partial charge in [0.25, 0.3) is 5.69 Å². The van der Waals surface area contributed by atoms with Gasteiger partial charge in [0.15, 0.2) is 0 Å². The van der Waals surface area contributed by atoms with Crippen LogP contribution in [0.4, 0.5) is 5.69 Å². The Morgan fingerprint density at radius 1 is 1.33 bits per heavy atom. The molecule has 0 bridgehead atoms. The molecule has 0 atom stereocenters. The Balaban J connectivity index is 0.00000121. The molecular formula is C8H11NO2Pb. The van der Waals surface area contributed by atoms with Crippen molar-refractivity contribution >= 4 is 33.0 Å². The molecular weight excluding hydrogens is 349 g/mol. The fourth-order valence-corrected chi connectivity index (χ4v) is 0.933. The second kappa shape index (κ2) is 4.54. The monoisotopic (exact) mass is 361 g/mol. The van der Waals surface area contributed by atoms with E-state index in [0.29, 0.717) is 0 Å². The van der Waals surface area contributed by atoms with E-state index in [1.807, 2.05) is 13.0 Å². The number of benzene rings is 1. The number of nitro benzene ring substituents is 1. The molecule has 0 spiro atoms. The Morgan fingerprint density at radius 2 is 1.92 bits per heavy atom. The minimum absolute atomic E-state index is 0. The van der Waals surface area contributed by atoms with Crippen molar-refractivity contribution in [1.29, 1.82) is 0 Å². The zero-order valence-corrected chi connectivity index (χ0v) is 12.7. The van der Waals surface area contributed by atoms with Crippen molar-refractivity contribution in [2.75, 3.05) is 0 Å². The average Bonchev–Trinajstić information content (AvgIpc) is 1.94. The molecule has 1 rings (SSSR count). The molecule has 0 unspecified atom stereocenters. The zero-order valence-electron chi connectivity index (χ0n) is 7.20. The molecule has 0 aromatic heterocycles. The van der Waals surface area contributed by atoms with Crippen LogP contribution >= 0.6 is 0 Å². The number of nitro groups is 1. The molecule has 0 amide bonds. The molecule has 0 aliphatic heterocycles. The van der Waals surface area contributed by atoms with Gasteiger partial charge in [-0.3, -0.25) is 10.1 Å². The summed E-state index contributed by atoms with van der Waals surface area (Å²) in [6.07, 6.45) is 0. The summed E-state index contributed by atoms with van der Waals surface area (Å²) in [7, 11) is 0. The van der Waals surface area contributed by atoms with E-state index in [1.54, 1.807) is 13.0 Å². The van der Waals surface area contributed by atoms with Crippen LogP contribution in [0, 0.1) is 24.0 Å². The number of aryl methyl sites for hydroxylation is 1. The van der Waals surface area contributed by atoms with Gasteiger partial charge in [-0.1, -0.05) is 12.1 Å². The second-order valence-corrected chi connectivity index (χ2v) is 2.48. The summed E-state index contributed by atoms with van der Waals surface area (Å²) in [5.41, 5.74) is 1.90. The summed E-state index contributed by atoms with van der Waals surface area (Å²) in [6.45, 7) is 3.62. The summed E-state index contributed by atoms with van der Waals surface area (Å²) in [6, 6.07) is 5.07. The SMILES string of the molecule is Cc1cccc([N+](=O)[O-])c1C.[PbH2]. The van der Waals surface area contributed by atoms with Crippen LogP contribution in [0.15, 0.2) is 18.2 Å². The number of nitrogens with zero attached hydrogens (tertiary/aromatic N) is 1. The van der Waals surface area contributed by atoms with Gasteiger partial charge in [-0.15, -0.1) is 0 Å². The third-order valence-corrected chi connectivity index (χ3v) is 1.77. The molecule has 0 saturated heterocycles. The summed E-state index contributed by atoms with van der Waals surface area (Å²) >= 11 is 0. The van der Waals surface area contributed by atoms with Crippen molar-refractivity contribution in [2.24, 2.45) is 0 Å². The molecule has 0 N–H and O–H groups in total. The summed E-state index contributed by atoms with van der Waals surface area (Å²) in [5.74, 6) is 0. The van der Waals surface area contributed by atoms with E-state index in [-0.39, 0.29) is 37.9 Å². The molecule has 1 aromatic rings. The van der Waals surface area contributed by atoms with Crippen molar-refractivity contribution in [3.8, 4) is 0 Å². The Morgan fingerprint density at radius 3 is 2.33 bits per heavy atom. The van der Waals surface area contributed by atoms with Gasteiger partial charge in [0.05, 0.1) is 4.92 Å². The van der Waals surface area contributed by atoms with Gasteiger partial charge >= 0.3 is 27.3 Å². The van der Waals surface area contributed by atoms with E-state index in [4.69, 9.17) is 0 Å². The molecule has 0 fully saturated rings. The fourth-order valence-electron chi connectivity index (χ4n) is 0.933. The third kappa shape index (κ3) is 2.26. The van der Waals surface area contributed by atoms with E-state index in [2.05, 4.69) is 0 Å². The Labute approximate surface area is 91.1 Å². The van der Waals surface area contributed by atoms with Gasteiger partial charge in [0.1, 0.15) is 0 Å². The van der Waals surface area contributed by atoms with Crippen LogP contribution in [-0.4, -0.2) is 32.2 Å². The van der Waals surface area contributed by atoms with Gasteiger partial charge in [0.2, 0.25) is 0 Å². The van der Waals surface area contributed by atoms with Crippen molar-refractivity contribution in [3.05, 3.63) is 39.4 Å². The van der Waals surface area contributed by atoms with Crippen LogP contribution in [0.1, 0.15) is 11.1 Å². The molecule has 1 aromatic carbocycles. The molecule has 2 radical (unpaired) electrons. The van der Waals surface area contributed by atoms with E-state index in [0.717, 1.165) is 11.1 Å². The second-order valence-electron chi connectivity index (χ2n) is 2.48. The number of rotatable bonds is 1. The molecule has 4 heteroatoms. The molecule has 0 aliphatic carbocycles. The standard InChI is InChI=1S/C8H9NO2.Pb.2H/c1-6-4-3-5-8(7(6)2)9(10)11;;;/h3-5H,1-2H3;;;. The fraction of sp³-hybridized carbons (Fsp3) is 0.250. The first kappa shape index (κ1) is 11.5. The van der Waals surface area contributed by atoms with Crippen LogP contribution in [0.3, 0.4) is 0 Å². The first-order valence-corrected chi connectivity index (χ1v) is 3.33. The zero-order chi connectivity index (χ0) is 8.43. The first-order chi connectivity index (χ1) is 5.13. The quantitative estimate of drug-likeness (QED) is 0.430. The molecule has 64 valence electrons. The van der Waals surface area contributed by atoms with Gasteiger partial charge < -0.3 is 0 Å². The summed E-state index contributed by atoms with van der Waals surface area (Å²) < 4.78 is 0. The van der Waals surface area contributed by atoms with Crippen molar-refractivity contribution in [2.45, 2.75) is 13.8 Å². The first-order valence-electron chi connectivity index (χ1n) is 3.33. The van der Waals surface area contributed by atoms with E-state index in [1.165, 1.54) is 6.07 Å². The molecule has 0 aliphatic rings. The third-order valence-electron chi connectivity index (χ3n) is 1.77. The number of hydrogen-bond acceptors (Lipinski definition) is 2. The van der Waals surface area contributed by atoms with Gasteiger partial charge in [0, 0.05) is 11.6 Å². The van der Waals surface area contributed by atoms with Crippen LogP contribution < -0.4 is 0 Å². The van der Waals surface area contributed by atoms with E-state index < -0.39 is 0 Å². The Hall–Kier alpha value is -0.458. The van der Waals surface area contributed by atoms with Crippen LogP contribution in [0.25, 0.3) is 0 Å². The van der Waals surface area contributed by atoms with Crippen molar-refractivity contribution in [3.63, 3.8) is 0 Å². The minimum atomic E-state index is -0.359. The molecule has 12 heavy (non-hydrogen) atoms. The summed E-state index contributed by atoms with van der Waals surface area (Å²) in [5, 5.41) is 10.4. The predicted molar refractivity (Wildman–Crippen MR) is 51.1 cm³/mol. The van der Waals surface area contributed by atoms with Gasteiger partial charge in [-0.25, -0.2) is 0 Å². The van der Waals surface area contributed by atoms with Crippen LogP contribution in [0.5, 0.6) is 0 Å². The van der Waals surface area contributed by atoms with Gasteiger partial charge in [-0.05, 0) is 19.4 Å². The van der Waals surface area contributed by atoms with Gasteiger partial charge in [-0.2, -0.15) is 0 Å². The maximum absolute atomic E-state index is 10.4. The van der Waals surface area contributed by atoms with Crippen molar-refractivity contribution < 1.29 is 4.92 Å². The Bertz CT molecular complexity index is 299. The Kier molecular flexibility index (Phi) is 4.37. The molecule has 0 saturated carbocycles. The van der Waals surface area contributed by atoms with Crippen LogP contribution in [-0.2, 0) is 0 Å². The normalized spacial score (nSPS) is 8.83. The predicted octanol–water partition coefficient (Wildman–Crippen LogP) is 1.30. The summed E-state index contributed by atoms with van der Waals surface area (Å²) in [4.78, 5) is 10.0. The molecule has 0 heterocycles.